The maximum Gasteiger partial charge on any atom is 0.221 e. The molecule has 0 saturated carbocycles. The third-order valence-corrected chi connectivity index (χ3v) is 3.22. The molecule has 2 N–H and O–H groups in total. The fourth-order valence-corrected chi connectivity index (χ4v) is 1.98. The summed E-state index contributed by atoms with van der Waals surface area (Å²) in [4.78, 5) is 13.7. The standard InChI is InChI=1S/C14H31N3O/c1-5-15-14(18)10-11-16-13(4)9-8-12-17(6-2)7-3/h13,16H,5-12H2,1-4H3,(H,15,18). The Bertz CT molecular complexity index is 205. The van der Waals surface area contributed by atoms with Crippen LogP contribution in [0.15, 0.2) is 0 Å². The van der Waals surface area contributed by atoms with E-state index in [1.807, 2.05) is 6.92 Å². The van der Waals surface area contributed by atoms with Gasteiger partial charge in [0, 0.05) is 25.6 Å². The van der Waals surface area contributed by atoms with Gasteiger partial charge in [-0.1, -0.05) is 13.8 Å². The van der Waals surface area contributed by atoms with E-state index in [-0.39, 0.29) is 5.91 Å². The van der Waals surface area contributed by atoms with Gasteiger partial charge in [-0.15, -0.1) is 0 Å². The zero-order chi connectivity index (χ0) is 13.8. The molecule has 0 saturated heterocycles. The van der Waals surface area contributed by atoms with E-state index < -0.39 is 0 Å². The van der Waals surface area contributed by atoms with Crippen molar-refractivity contribution in [3.8, 4) is 0 Å². The summed E-state index contributed by atoms with van der Waals surface area (Å²) in [6, 6.07) is 0.495. The molecule has 108 valence electrons. The Balaban J connectivity index is 3.48. The van der Waals surface area contributed by atoms with Crippen molar-refractivity contribution in [1.82, 2.24) is 15.5 Å². The van der Waals surface area contributed by atoms with Gasteiger partial charge < -0.3 is 15.5 Å². The minimum Gasteiger partial charge on any atom is -0.356 e. The summed E-state index contributed by atoms with van der Waals surface area (Å²) in [5.41, 5.74) is 0. The molecule has 0 fully saturated rings. The van der Waals surface area contributed by atoms with Gasteiger partial charge in [-0.25, -0.2) is 0 Å². The van der Waals surface area contributed by atoms with E-state index in [1.165, 1.54) is 19.4 Å². The number of hydrogen-bond acceptors (Lipinski definition) is 3. The topological polar surface area (TPSA) is 44.4 Å². The SMILES string of the molecule is CCNC(=O)CCNC(C)CCCN(CC)CC. The summed E-state index contributed by atoms with van der Waals surface area (Å²) >= 11 is 0. The number of nitrogens with zero attached hydrogens (tertiary/aromatic N) is 1. The van der Waals surface area contributed by atoms with Crippen LogP contribution < -0.4 is 10.6 Å². The fourth-order valence-electron chi connectivity index (χ4n) is 1.98. The van der Waals surface area contributed by atoms with Gasteiger partial charge in [0.2, 0.25) is 5.91 Å². The molecule has 0 aliphatic carbocycles. The first-order valence-corrected chi connectivity index (χ1v) is 7.36. The Hall–Kier alpha value is -0.610. The van der Waals surface area contributed by atoms with Crippen molar-refractivity contribution in [2.45, 2.75) is 53.0 Å². The second kappa shape index (κ2) is 11.5. The molecule has 4 heteroatoms. The predicted octanol–water partition coefficient (Wildman–Crippen LogP) is 1.61. The third kappa shape index (κ3) is 9.42. The van der Waals surface area contributed by atoms with Crippen LogP contribution in [-0.2, 0) is 4.79 Å². The minimum absolute atomic E-state index is 0.139. The zero-order valence-electron chi connectivity index (χ0n) is 12.6. The molecule has 0 aromatic heterocycles. The van der Waals surface area contributed by atoms with Gasteiger partial charge >= 0.3 is 0 Å². The van der Waals surface area contributed by atoms with Crippen molar-refractivity contribution in [2.24, 2.45) is 0 Å². The van der Waals surface area contributed by atoms with Crippen molar-refractivity contribution in [1.29, 1.82) is 0 Å². The van der Waals surface area contributed by atoms with E-state index in [1.54, 1.807) is 0 Å². The molecule has 0 radical (unpaired) electrons. The molecule has 0 rings (SSSR count). The molecule has 18 heavy (non-hydrogen) atoms. The lowest BCUT2D eigenvalue weighted by molar-refractivity contribution is -0.120. The van der Waals surface area contributed by atoms with Crippen LogP contribution in [0.3, 0.4) is 0 Å². The number of carbonyl (C=O) groups excluding carboxylic acids is 1. The lowest BCUT2D eigenvalue weighted by Crippen LogP contribution is -2.32. The Morgan fingerprint density at radius 2 is 1.89 bits per heavy atom. The van der Waals surface area contributed by atoms with Crippen LogP contribution >= 0.6 is 0 Å². The number of rotatable bonds is 11. The number of carbonyl (C=O) groups is 1. The van der Waals surface area contributed by atoms with Crippen molar-refractivity contribution >= 4 is 5.91 Å². The number of hydrogen-bond donors (Lipinski definition) is 2. The van der Waals surface area contributed by atoms with Crippen LogP contribution in [0.25, 0.3) is 0 Å². The number of nitrogens with one attached hydrogen (secondary N) is 2. The molecular formula is C14H31N3O. The van der Waals surface area contributed by atoms with Crippen LogP contribution in [0.1, 0.15) is 47.0 Å². The minimum atomic E-state index is 0.139. The van der Waals surface area contributed by atoms with Gasteiger partial charge in [0.1, 0.15) is 0 Å². The van der Waals surface area contributed by atoms with E-state index in [9.17, 15) is 4.79 Å². The number of amides is 1. The van der Waals surface area contributed by atoms with Crippen molar-refractivity contribution in [3.63, 3.8) is 0 Å². The molecule has 4 nitrogen and oxygen atoms in total. The summed E-state index contributed by atoms with van der Waals surface area (Å²) in [5, 5.41) is 6.21. The summed E-state index contributed by atoms with van der Waals surface area (Å²) in [7, 11) is 0. The zero-order valence-corrected chi connectivity index (χ0v) is 12.6. The third-order valence-electron chi connectivity index (χ3n) is 3.22. The second-order valence-corrected chi connectivity index (χ2v) is 4.73. The van der Waals surface area contributed by atoms with Crippen LogP contribution in [0.4, 0.5) is 0 Å². The Morgan fingerprint density at radius 3 is 2.44 bits per heavy atom. The summed E-state index contributed by atoms with van der Waals surface area (Å²) in [6.07, 6.45) is 2.97. The lowest BCUT2D eigenvalue weighted by Gasteiger charge is -2.19. The highest BCUT2D eigenvalue weighted by Crippen LogP contribution is 1.99. The van der Waals surface area contributed by atoms with E-state index in [0.29, 0.717) is 12.5 Å². The monoisotopic (exact) mass is 257 g/mol. The van der Waals surface area contributed by atoms with Crippen molar-refractivity contribution in [3.05, 3.63) is 0 Å². The molecule has 0 bridgehead atoms. The molecule has 0 heterocycles. The predicted molar refractivity (Wildman–Crippen MR) is 77.8 cm³/mol. The van der Waals surface area contributed by atoms with Crippen molar-refractivity contribution < 1.29 is 4.79 Å². The normalized spacial score (nSPS) is 12.7. The highest BCUT2D eigenvalue weighted by Gasteiger charge is 2.05. The lowest BCUT2D eigenvalue weighted by atomic mass is 10.1. The van der Waals surface area contributed by atoms with E-state index in [2.05, 4.69) is 36.3 Å². The first-order valence-electron chi connectivity index (χ1n) is 7.36. The molecule has 0 aromatic carbocycles. The van der Waals surface area contributed by atoms with Crippen LogP contribution in [0.2, 0.25) is 0 Å². The maximum atomic E-state index is 11.2. The second-order valence-electron chi connectivity index (χ2n) is 4.73. The Kier molecular flexibility index (Phi) is 11.1. The smallest absolute Gasteiger partial charge is 0.221 e. The van der Waals surface area contributed by atoms with Gasteiger partial charge in [-0.2, -0.15) is 0 Å². The first kappa shape index (κ1) is 17.4. The van der Waals surface area contributed by atoms with Crippen LogP contribution in [0, 0.1) is 0 Å². The molecular weight excluding hydrogens is 226 g/mol. The quantitative estimate of drug-likeness (QED) is 0.591. The molecule has 1 unspecified atom stereocenters. The highest BCUT2D eigenvalue weighted by molar-refractivity contribution is 5.75. The first-order chi connectivity index (χ1) is 8.63. The van der Waals surface area contributed by atoms with Crippen LogP contribution in [0.5, 0.6) is 0 Å². The summed E-state index contributed by atoms with van der Waals surface area (Å²) < 4.78 is 0. The average molecular weight is 257 g/mol. The summed E-state index contributed by atoms with van der Waals surface area (Å²) in [6.45, 7) is 13.5. The Morgan fingerprint density at radius 1 is 1.22 bits per heavy atom. The largest absolute Gasteiger partial charge is 0.356 e. The maximum absolute atomic E-state index is 11.2. The fraction of sp³-hybridized carbons (Fsp3) is 0.929. The van der Waals surface area contributed by atoms with Gasteiger partial charge in [0.15, 0.2) is 0 Å². The molecule has 0 aromatic rings. The van der Waals surface area contributed by atoms with Gasteiger partial charge in [0.05, 0.1) is 0 Å². The van der Waals surface area contributed by atoms with E-state index >= 15 is 0 Å². The highest BCUT2D eigenvalue weighted by atomic mass is 16.1. The van der Waals surface area contributed by atoms with Gasteiger partial charge in [-0.3, -0.25) is 4.79 Å². The molecule has 0 spiro atoms. The molecule has 0 aliphatic rings. The average Bonchev–Trinajstić information content (AvgIpc) is 2.35. The Labute approximate surface area is 113 Å². The van der Waals surface area contributed by atoms with Crippen molar-refractivity contribution in [2.75, 3.05) is 32.7 Å². The van der Waals surface area contributed by atoms with Crippen LogP contribution in [-0.4, -0.2) is 49.6 Å². The van der Waals surface area contributed by atoms with E-state index in [0.717, 1.165) is 26.2 Å². The molecule has 0 aliphatic heterocycles. The van der Waals surface area contributed by atoms with E-state index in [4.69, 9.17) is 0 Å². The van der Waals surface area contributed by atoms with Gasteiger partial charge in [0.25, 0.3) is 0 Å². The molecule has 1 atom stereocenters. The summed E-state index contributed by atoms with van der Waals surface area (Å²) in [5.74, 6) is 0.139. The molecule has 1 amide bonds. The van der Waals surface area contributed by atoms with Gasteiger partial charge in [-0.05, 0) is 46.3 Å².